The first-order valence-corrected chi connectivity index (χ1v) is 12.4. The number of aliphatic hydroxyl groups is 2. The van der Waals surface area contributed by atoms with Crippen LogP contribution in [0.3, 0.4) is 0 Å². The van der Waals surface area contributed by atoms with Gasteiger partial charge in [0, 0.05) is 11.1 Å². The molecule has 0 aliphatic carbocycles. The van der Waals surface area contributed by atoms with Crippen LogP contribution >= 0.6 is 0 Å². The highest BCUT2D eigenvalue weighted by atomic mass is 32.2. The lowest BCUT2D eigenvalue weighted by atomic mass is 10.0. The molecular formula is C28H26O6S. The molecule has 7 heteroatoms. The Kier molecular flexibility index (Phi) is 7.21. The molecule has 2 N–H and O–H groups in total. The van der Waals surface area contributed by atoms with Gasteiger partial charge in [0.2, 0.25) is 9.84 Å². The number of hydrogen-bond acceptors (Lipinski definition) is 6. The van der Waals surface area contributed by atoms with E-state index in [0.717, 1.165) is 22.3 Å². The van der Waals surface area contributed by atoms with Crippen LogP contribution in [-0.2, 0) is 23.1 Å². The molecule has 6 nitrogen and oxygen atoms in total. The molecule has 4 aromatic carbocycles. The van der Waals surface area contributed by atoms with Crippen LogP contribution in [0.2, 0.25) is 0 Å². The Morgan fingerprint density at radius 2 is 0.914 bits per heavy atom. The maximum atomic E-state index is 13.2. The zero-order valence-corrected chi connectivity index (χ0v) is 20.2. The van der Waals surface area contributed by atoms with Gasteiger partial charge >= 0.3 is 0 Å². The molecule has 4 aromatic rings. The third kappa shape index (κ3) is 4.93. The molecule has 0 saturated carbocycles. The molecule has 180 valence electrons. The fraction of sp³-hybridized carbons (Fsp3) is 0.143. The summed E-state index contributed by atoms with van der Waals surface area (Å²) in [6.45, 7) is -0.311. The van der Waals surface area contributed by atoms with Gasteiger partial charge in [0.25, 0.3) is 0 Å². The largest absolute Gasteiger partial charge is 0.496 e. The molecule has 0 bridgehead atoms. The maximum absolute atomic E-state index is 13.2. The lowest BCUT2D eigenvalue weighted by Crippen LogP contribution is -2.02. The van der Waals surface area contributed by atoms with Crippen LogP contribution in [0.25, 0.3) is 22.3 Å². The standard InChI is InChI=1S/C28H26O6S/c1-33-27-13-7-21(15-23(27)17-29)19-3-9-25(10-4-19)35(31,32)26-11-5-20(6-12-26)22-8-14-28(34-2)24(16-22)18-30/h3-16,29-30H,17-18H2,1-2H3. The molecule has 0 unspecified atom stereocenters. The molecule has 0 aromatic heterocycles. The molecule has 0 amide bonds. The average Bonchev–Trinajstić information content (AvgIpc) is 2.92. The third-order valence-electron chi connectivity index (χ3n) is 5.90. The quantitative estimate of drug-likeness (QED) is 0.367. The van der Waals surface area contributed by atoms with Crippen LogP contribution in [-0.4, -0.2) is 32.9 Å². The van der Waals surface area contributed by atoms with Gasteiger partial charge in [0.15, 0.2) is 0 Å². The van der Waals surface area contributed by atoms with Crippen molar-refractivity contribution in [2.45, 2.75) is 23.0 Å². The van der Waals surface area contributed by atoms with Gasteiger partial charge in [-0.15, -0.1) is 0 Å². The Hall–Kier alpha value is -3.65. The van der Waals surface area contributed by atoms with E-state index in [0.29, 0.717) is 22.6 Å². The Morgan fingerprint density at radius 3 is 1.23 bits per heavy atom. The predicted octanol–water partition coefficient (Wildman–Crippen LogP) is 4.86. The van der Waals surface area contributed by atoms with Crippen molar-refractivity contribution in [2.75, 3.05) is 14.2 Å². The van der Waals surface area contributed by atoms with Crippen molar-refractivity contribution in [3.05, 3.63) is 96.1 Å². The van der Waals surface area contributed by atoms with E-state index in [9.17, 15) is 18.6 Å². The first-order chi connectivity index (χ1) is 16.9. The van der Waals surface area contributed by atoms with Crippen molar-refractivity contribution in [1.82, 2.24) is 0 Å². The van der Waals surface area contributed by atoms with Gasteiger partial charge in [0.05, 0.1) is 37.2 Å². The van der Waals surface area contributed by atoms with Crippen molar-refractivity contribution >= 4 is 9.84 Å². The van der Waals surface area contributed by atoms with Crippen LogP contribution in [0.15, 0.2) is 94.7 Å². The summed E-state index contributed by atoms with van der Waals surface area (Å²) >= 11 is 0. The summed E-state index contributed by atoms with van der Waals surface area (Å²) in [5.41, 5.74) is 4.68. The lowest BCUT2D eigenvalue weighted by Gasteiger charge is -2.11. The fourth-order valence-electron chi connectivity index (χ4n) is 3.95. The smallest absolute Gasteiger partial charge is 0.206 e. The summed E-state index contributed by atoms with van der Waals surface area (Å²) < 4.78 is 36.9. The Bertz CT molecular complexity index is 1320. The summed E-state index contributed by atoms with van der Waals surface area (Å²) in [4.78, 5) is 0.383. The number of rotatable bonds is 8. The Labute approximate surface area is 205 Å². The van der Waals surface area contributed by atoms with Crippen LogP contribution in [0.1, 0.15) is 11.1 Å². The average molecular weight is 491 g/mol. The molecule has 0 saturated heterocycles. The fourth-order valence-corrected chi connectivity index (χ4v) is 5.21. The SMILES string of the molecule is COc1ccc(-c2ccc(S(=O)(=O)c3ccc(-c4ccc(OC)c(CO)c4)cc3)cc2)cc1CO. The van der Waals surface area contributed by atoms with E-state index in [1.54, 1.807) is 74.9 Å². The molecule has 0 aliphatic heterocycles. The second-order valence-electron chi connectivity index (χ2n) is 7.92. The first kappa shape index (κ1) is 24.5. The van der Waals surface area contributed by atoms with Crippen molar-refractivity contribution in [3.63, 3.8) is 0 Å². The summed E-state index contributed by atoms with van der Waals surface area (Å²) in [6, 6.07) is 24.2. The van der Waals surface area contributed by atoms with E-state index in [4.69, 9.17) is 9.47 Å². The zero-order chi connectivity index (χ0) is 25.0. The van der Waals surface area contributed by atoms with Gasteiger partial charge in [-0.1, -0.05) is 36.4 Å². The molecule has 35 heavy (non-hydrogen) atoms. The van der Waals surface area contributed by atoms with E-state index in [1.807, 2.05) is 24.3 Å². The highest BCUT2D eigenvalue weighted by Gasteiger charge is 2.18. The normalized spacial score (nSPS) is 11.3. The van der Waals surface area contributed by atoms with Crippen LogP contribution in [0.5, 0.6) is 11.5 Å². The van der Waals surface area contributed by atoms with Crippen LogP contribution < -0.4 is 9.47 Å². The molecule has 4 rings (SSSR count). The summed E-state index contributed by atoms with van der Waals surface area (Å²) in [7, 11) is -0.613. The van der Waals surface area contributed by atoms with E-state index in [2.05, 4.69) is 0 Å². The minimum atomic E-state index is -3.70. The zero-order valence-electron chi connectivity index (χ0n) is 19.4. The molecular weight excluding hydrogens is 464 g/mol. The second-order valence-corrected chi connectivity index (χ2v) is 9.87. The summed E-state index contributed by atoms with van der Waals surface area (Å²) in [6.07, 6.45) is 0. The first-order valence-electron chi connectivity index (χ1n) is 10.9. The number of sulfone groups is 1. The minimum Gasteiger partial charge on any atom is -0.496 e. The van der Waals surface area contributed by atoms with Gasteiger partial charge in [-0.05, 0) is 70.8 Å². The predicted molar refractivity (Wildman–Crippen MR) is 134 cm³/mol. The van der Waals surface area contributed by atoms with Crippen molar-refractivity contribution in [2.24, 2.45) is 0 Å². The molecule has 0 heterocycles. The van der Waals surface area contributed by atoms with Gasteiger partial charge < -0.3 is 19.7 Å². The van der Waals surface area contributed by atoms with Gasteiger partial charge in [-0.25, -0.2) is 8.42 Å². The highest BCUT2D eigenvalue weighted by molar-refractivity contribution is 7.91. The number of hydrogen-bond donors (Lipinski definition) is 2. The molecule has 0 radical (unpaired) electrons. The number of methoxy groups -OCH3 is 2. The van der Waals surface area contributed by atoms with E-state index in [1.165, 1.54) is 0 Å². The second kappa shape index (κ2) is 10.3. The number of benzene rings is 4. The Balaban J connectivity index is 1.59. The molecule has 0 fully saturated rings. The number of ether oxygens (including phenoxy) is 2. The summed E-state index contributed by atoms with van der Waals surface area (Å²) in [5.74, 6) is 1.20. The van der Waals surface area contributed by atoms with Gasteiger partial charge in [-0.2, -0.15) is 0 Å². The lowest BCUT2D eigenvalue weighted by molar-refractivity contribution is 0.273. The molecule has 0 aliphatic rings. The van der Waals surface area contributed by atoms with Gasteiger partial charge in [0.1, 0.15) is 11.5 Å². The van der Waals surface area contributed by atoms with Crippen LogP contribution in [0, 0.1) is 0 Å². The monoisotopic (exact) mass is 490 g/mol. The van der Waals surface area contributed by atoms with Crippen molar-refractivity contribution < 1.29 is 28.1 Å². The van der Waals surface area contributed by atoms with E-state index in [-0.39, 0.29) is 23.0 Å². The topological polar surface area (TPSA) is 93.1 Å². The summed E-state index contributed by atoms with van der Waals surface area (Å²) in [5, 5.41) is 19.1. The molecule has 0 atom stereocenters. The number of aliphatic hydroxyl groups excluding tert-OH is 2. The minimum absolute atomic E-state index is 0.155. The maximum Gasteiger partial charge on any atom is 0.206 e. The molecule has 0 spiro atoms. The van der Waals surface area contributed by atoms with Crippen molar-refractivity contribution in [3.8, 4) is 33.8 Å². The van der Waals surface area contributed by atoms with E-state index >= 15 is 0 Å². The highest BCUT2D eigenvalue weighted by Crippen LogP contribution is 2.31. The van der Waals surface area contributed by atoms with Crippen molar-refractivity contribution in [1.29, 1.82) is 0 Å². The Morgan fingerprint density at radius 1 is 0.571 bits per heavy atom. The third-order valence-corrected chi connectivity index (χ3v) is 7.68. The van der Waals surface area contributed by atoms with E-state index < -0.39 is 9.84 Å². The van der Waals surface area contributed by atoms with Crippen LogP contribution in [0.4, 0.5) is 0 Å². The van der Waals surface area contributed by atoms with Gasteiger partial charge in [-0.3, -0.25) is 0 Å².